The number of halogens is 1. The van der Waals surface area contributed by atoms with Crippen LogP contribution in [0.1, 0.15) is 26.2 Å². The first-order valence-corrected chi connectivity index (χ1v) is 7.89. The Hall–Kier alpha value is -2.01. The Balaban J connectivity index is 1.90. The monoisotopic (exact) mass is 337 g/mol. The molecule has 1 aromatic rings. The fourth-order valence-corrected chi connectivity index (χ4v) is 2.58. The molecule has 0 aliphatic heterocycles. The number of hydrogen-bond acceptors (Lipinski definition) is 4. The number of benzene rings is 1. The number of carbonyl (C=O) groups is 2. The van der Waals surface area contributed by atoms with Crippen LogP contribution in [0.5, 0.6) is 5.75 Å². The minimum atomic E-state index is -0.866. The van der Waals surface area contributed by atoms with E-state index in [2.05, 4.69) is 5.32 Å². The molecule has 5 nitrogen and oxygen atoms in total. The molecule has 0 heterocycles. The van der Waals surface area contributed by atoms with Gasteiger partial charge in [0.15, 0.2) is 6.10 Å². The van der Waals surface area contributed by atoms with E-state index in [9.17, 15) is 9.59 Å². The van der Waals surface area contributed by atoms with Gasteiger partial charge in [-0.15, -0.1) is 0 Å². The minimum Gasteiger partial charge on any atom is -0.495 e. The third-order valence-corrected chi connectivity index (χ3v) is 3.98. The Kier molecular flexibility index (Phi) is 6.04. The van der Waals surface area contributed by atoms with Gasteiger partial charge in [0.25, 0.3) is 5.91 Å². The Morgan fingerprint density at radius 3 is 2.74 bits per heavy atom. The lowest BCUT2D eigenvalue weighted by Crippen LogP contribution is -2.32. The number of nitrogens with one attached hydrogen (secondary N) is 1. The lowest BCUT2D eigenvalue weighted by molar-refractivity contribution is -0.157. The molecule has 0 radical (unpaired) electrons. The summed E-state index contributed by atoms with van der Waals surface area (Å²) in [5, 5.41) is 3.06. The van der Waals surface area contributed by atoms with Gasteiger partial charge < -0.3 is 14.8 Å². The van der Waals surface area contributed by atoms with Gasteiger partial charge in [0.2, 0.25) is 0 Å². The summed E-state index contributed by atoms with van der Waals surface area (Å²) in [4.78, 5) is 24.1. The van der Waals surface area contributed by atoms with Crippen LogP contribution in [-0.2, 0) is 14.3 Å². The van der Waals surface area contributed by atoms with Crippen molar-refractivity contribution in [1.29, 1.82) is 0 Å². The fraction of sp³-hybridized carbons (Fsp3) is 0.412. The molecule has 124 valence electrons. The second kappa shape index (κ2) is 8.02. The lowest BCUT2D eigenvalue weighted by Gasteiger charge is -2.19. The van der Waals surface area contributed by atoms with Gasteiger partial charge in [0.05, 0.1) is 18.1 Å². The predicted molar refractivity (Wildman–Crippen MR) is 88.7 cm³/mol. The molecule has 0 fully saturated rings. The van der Waals surface area contributed by atoms with Crippen molar-refractivity contribution in [3.8, 4) is 5.75 Å². The van der Waals surface area contributed by atoms with Crippen LogP contribution in [0, 0.1) is 5.92 Å². The van der Waals surface area contributed by atoms with Crippen molar-refractivity contribution in [3.63, 3.8) is 0 Å². The molecule has 0 saturated carbocycles. The summed E-state index contributed by atoms with van der Waals surface area (Å²) in [6.45, 7) is 1.55. The molecule has 2 atom stereocenters. The molecule has 23 heavy (non-hydrogen) atoms. The van der Waals surface area contributed by atoms with E-state index in [0.29, 0.717) is 22.9 Å². The van der Waals surface area contributed by atoms with Gasteiger partial charge in [-0.1, -0.05) is 23.8 Å². The molecular formula is C17H20ClNO4. The Morgan fingerprint density at radius 2 is 2.13 bits per heavy atom. The normalized spacial score (nSPS) is 18.1. The molecule has 1 amide bonds. The quantitative estimate of drug-likeness (QED) is 0.659. The van der Waals surface area contributed by atoms with Crippen molar-refractivity contribution in [2.24, 2.45) is 5.92 Å². The van der Waals surface area contributed by atoms with Crippen LogP contribution >= 0.6 is 11.6 Å². The topological polar surface area (TPSA) is 64.6 Å². The highest BCUT2D eigenvalue weighted by Gasteiger charge is 2.25. The Morgan fingerprint density at radius 1 is 1.35 bits per heavy atom. The zero-order valence-corrected chi connectivity index (χ0v) is 13.9. The highest BCUT2D eigenvalue weighted by molar-refractivity contribution is 6.32. The van der Waals surface area contributed by atoms with Crippen LogP contribution in [0.4, 0.5) is 5.69 Å². The number of anilines is 1. The molecule has 1 aromatic carbocycles. The van der Waals surface area contributed by atoms with E-state index in [0.717, 1.165) is 12.8 Å². The van der Waals surface area contributed by atoms with Gasteiger partial charge in [-0.05, 0) is 44.4 Å². The molecule has 0 spiro atoms. The smallest absolute Gasteiger partial charge is 0.310 e. The van der Waals surface area contributed by atoms with Gasteiger partial charge in [-0.2, -0.15) is 0 Å². The van der Waals surface area contributed by atoms with E-state index in [4.69, 9.17) is 21.1 Å². The molecule has 6 heteroatoms. The molecule has 1 aliphatic rings. The highest BCUT2D eigenvalue weighted by Crippen LogP contribution is 2.27. The summed E-state index contributed by atoms with van der Waals surface area (Å²) in [5.74, 6) is -0.365. The number of esters is 1. The summed E-state index contributed by atoms with van der Waals surface area (Å²) in [6, 6.07) is 4.91. The summed E-state index contributed by atoms with van der Waals surface area (Å²) in [5.41, 5.74) is 0.518. The van der Waals surface area contributed by atoms with E-state index in [1.165, 1.54) is 7.11 Å². The lowest BCUT2D eigenvalue weighted by atomic mass is 9.95. The van der Waals surface area contributed by atoms with Crippen molar-refractivity contribution in [1.82, 2.24) is 0 Å². The molecule has 2 rings (SSSR count). The average Bonchev–Trinajstić information content (AvgIpc) is 2.55. The first-order chi connectivity index (χ1) is 11.0. The number of ether oxygens (including phenoxy) is 2. The second-order valence-electron chi connectivity index (χ2n) is 5.40. The van der Waals surface area contributed by atoms with Crippen LogP contribution in [-0.4, -0.2) is 25.1 Å². The summed E-state index contributed by atoms with van der Waals surface area (Å²) in [6.07, 6.45) is 5.45. The van der Waals surface area contributed by atoms with E-state index < -0.39 is 12.0 Å². The van der Waals surface area contributed by atoms with Crippen LogP contribution < -0.4 is 10.1 Å². The maximum atomic E-state index is 12.1. The maximum absolute atomic E-state index is 12.1. The molecular weight excluding hydrogens is 318 g/mol. The highest BCUT2D eigenvalue weighted by atomic mass is 35.5. The minimum absolute atomic E-state index is 0.161. The van der Waals surface area contributed by atoms with Crippen molar-refractivity contribution in [2.75, 3.05) is 12.4 Å². The van der Waals surface area contributed by atoms with Crippen LogP contribution in [0.25, 0.3) is 0 Å². The summed E-state index contributed by atoms with van der Waals surface area (Å²) >= 11 is 6.01. The Labute approximate surface area is 140 Å². The fourth-order valence-electron chi connectivity index (χ4n) is 2.32. The van der Waals surface area contributed by atoms with Gasteiger partial charge in [-0.25, -0.2) is 0 Å². The number of amides is 1. The standard InChI is InChI=1S/C17H20ClNO4/c1-11(23-17(21)12-6-4-3-5-7-12)16(20)19-13-8-9-15(22-2)14(18)10-13/h3-4,8-12H,5-7H2,1-2H3,(H,19,20)/t11-,12+/m0/s1. The van der Waals surface area contributed by atoms with E-state index in [1.807, 2.05) is 12.2 Å². The van der Waals surface area contributed by atoms with Crippen molar-refractivity contribution in [3.05, 3.63) is 35.4 Å². The average molecular weight is 338 g/mol. The second-order valence-corrected chi connectivity index (χ2v) is 5.81. The SMILES string of the molecule is COc1ccc(NC(=O)[C@H](C)OC(=O)[C@@H]2CC=CCC2)cc1Cl. The zero-order chi connectivity index (χ0) is 16.8. The van der Waals surface area contributed by atoms with E-state index >= 15 is 0 Å². The van der Waals surface area contributed by atoms with E-state index in [1.54, 1.807) is 25.1 Å². The largest absolute Gasteiger partial charge is 0.495 e. The summed E-state index contributed by atoms with van der Waals surface area (Å²) in [7, 11) is 1.52. The number of methoxy groups -OCH3 is 1. The van der Waals surface area contributed by atoms with Crippen LogP contribution in [0.15, 0.2) is 30.4 Å². The third-order valence-electron chi connectivity index (χ3n) is 3.68. The first kappa shape index (κ1) is 17.3. The van der Waals surface area contributed by atoms with Crippen LogP contribution in [0.3, 0.4) is 0 Å². The van der Waals surface area contributed by atoms with Crippen molar-refractivity contribution >= 4 is 29.2 Å². The molecule has 1 aliphatic carbocycles. The number of rotatable bonds is 5. The van der Waals surface area contributed by atoms with Gasteiger partial charge in [-0.3, -0.25) is 9.59 Å². The summed E-state index contributed by atoms with van der Waals surface area (Å²) < 4.78 is 10.3. The number of carbonyl (C=O) groups excluding carboxylic acids is 2. The number of hydrogen-bond donors (Lipinski definition) is 1. The molecule has 0 aromatic heterocycles. The van der Waals surface area contributed by atoms with Crippen molar-refractivity contribution in [2.45, 2.75) is 32.3 Å². The third kappa shape index (κ3) is 4.73. The van der Waals surface area contributed by atoms with Crippen molar-refractivity contribution < 1.29 is 19.1 Å². The van der Waals surface area contributed by atoms with Gasteiger partial charge in [0.1, 0.15) is 5.75 Å². The molecule has 0 unspecified atom stereocenters. The predicted octanol–water partition coefficient (Wildman–Crippen LogP) is 3.58. The van der Waals surface area contributed by atoms with Gasteiger partial charge >= 0.3 is 5.97 Å². The van der Waals surface area contributed by atoms with Crippen LogP contribution in [0.2, 0.25) is 5.02 Å². The van der Waals surface area contributed by atoms with E-state index in [-0.39, 0.29) is 11.9 Å². The Bertz CT molecular complexity index is 615. The molecule has 1 N–H and O–H groups in total. The number of allylic oxidation sites excluding steroid dienone is 2. The van der Waals surface area contributed by atoms with Gasteiger partial charge in [0, 0.05) is 5.69 Å². The molecule has 0 bridgehead atoms. The molecule has 0 saturated heterocycles. The maximum Gasteiger partial charge on any atom is 0.310 e. The zero-order valence-electron chi connectivity index (χ0n) is 13.2. The first-order valence-electron chi connectivity index (χ1n) is 7.51.